The van der Waals surface area contributed by atoms with E-state index in [1.165, 1.54) is 0 Å². The number of hydrogen-bond acceptors (Lipinski definition) is 10. The number of carbonyl (C=O) groups excluding carboxylic acids is 5. The summed E-state index contributed by atoms with van der Waals surface area (Å²) in [5.74, 6) is 4.45. The van der Waals surface area contributed by atoms with Gasteiger partial charge in [0.15, 0.2) is 11.9 Å². The van der Waals surface area contributed by atoms with Crippen LogP contribution in [0.5, 0.6) is 0 Å². The van der Waals surface area contributed by atoms with E-state index in [9.17, 15) is 24.0 Å². The van der Waals surface area contributed by atoms with Crippen LogP contribution in [0.4, 0.5) is 11.4 Å². The van der Waals surface area contributed by atoms with Gasteiger partial charge in [-0.05, 0) is 69.6 Å². The predicted octanol–water partition coefficient (Wildman–Crippen LogP) is 3.38. The first-order valence-corrected chi connectivity index (χ1v) is 24.7. The third-order valence-electron chi connectivity index (χ3n) is 11.5. The van der Waals surface area contributed by atoms with Crippen molar-refractivity contribution in [1.82, 2.24) is 37.2 Å². The fourth-order valence-electron chi connectivity index (χ4n) is 8.24. The largest absolute Gasteiger partial charge is 0.367 e. The molecule has 0 aliphatic carbocycles. The minimum absolute atomic E-state index is 0.0401. The standard InChI is InChI=1S/C44H67N11O6S2/c1-2-22-61-23-21-49-42(60)29-24-30(50-38(58)17-5-3-11-19-47-36(56)15-9-7-13-34-40-32(27-62-34)52-43(45)54-40)26-31(25-29)51-39(59)18-6-4-12-20-48-37(57)16-10-8-14-35-41-33(28-63-35)53-44(46)55-41/h1,24-26,32-35,40-41H,3-23,27-28H2,(H,47,56)(H,48,57)(H,49,60)(H,50,58)(H,51,59)(H3,45,52,54)(H3,46,53,55). The molecule has 6 unspecified atom stereocenters. The Morgan fingerprint density at radius 1 is 0.619 bits per heavy atom. The number of carbonyl (C=O) groups is 5. The van der Waals surface area contributed by atoms with Crippen LogP contribution in [0.25, 0.3) is 0 Å². The first-order chi connectivity index (χ1) is 30.6. The van der Waals surface area contributed by atoms with E-state index in [0.717, 1.165) is 75.7 Å². The molecule has 4 aliphatic rings. The number of guanidine groups is 2. The van der Waals surface area contributed by atoms with Crippen LogP contribution in [0.2, 0.25) is 0 Å². The second kappa shape index (κ2) is 26.8. The van der Waals surface area contributed by atoms with Crippen molar-refractivity contribution in [1.29, 1.82) is 10.8 Å². The van der Waals surface area contributed by atoms with Crippen molar-refractivity contribution in [3.8, 4) is 12.3 Å². The monoisotopic (exact) mass is 909 g/mol. The first-order valence-electron chi connectivity index (χ1n) is 22.6. The van der Waals surface area contributed by atoms with Gasteiger partial charge >= 0.3 is 0 Å². The van der Waals surface area contributed by atoms with Gasteiger partial charge in [-0.25, -0.2) is 0 Å². The van der Waals surface area contributed by atoms with Gasteiger partial charge in [0.1, 0.15) is 6.61 Å². The number of rotatable bonds is 29. The molecule has 4 fully saturated rings. The Labute approximate surface area is 380 Å². The summed E-state index contributed by atoms with van der Waals surface area (Å²) in [5.41, 5.74) is 1.02. The maximum atomic E-state index is 13.0. The Hall–Kier alpha value is -4.67. The molecule has 17 nitrogen and oxygen atoms in total. The van der Waals surface area contributed by atoms with Crippen LogP contribution in [0, 0.1) is 23.2 Å². The van der Waals surface area contributed by atoms with Crippen LogP contribution < -0.4 is 47.9 Å². The molecule has 63 heavy (non-hydrogen) atoms. The quantitative estimate of drug-likeness (QED) is 0.0409. The van der Waals surface area contributed by atoms with Gasteiger partial charge in [0, 0.05) is 84.3 Å². The van der Waals surface area contributed by atoms with Crippen LogP contribution in [0.1, 0.15) is 113 Å². The van der Waals surface area contributed by atoms with Crippen LogP contribution >= 0.6 is 23.5 Å². The molecule has 11 N–H and O–H groups in total. The highest BCUT2D eigenvalue weighted by molar-refractivity contribution is 8.00. The number of thioether (sulfide) groups is 2. The molecule has 0 saturated carbocycles. The lowest BCUT2D eigenvalue weighted by Crippen LogP contribution is -2.36. The molecule has 5 amide bonds. The smallest absolute Gasteiger partial charge is 0.251 e. The summed E-state index contributed by atoms with van der Waals surface area (Å²) in [6.07, 6.45) is 16.6. The van der Waals surface area contributed by atoms with Crippen molar-refractivity contribution in [2.24, 2.45) is 0 Å². The molecule has 19 heteroatoms. The molecule has 0 bridgehead atoms. The summed E-state index contributed by atoms with van der Waals surface area (Å²) in [6.45, 7) is 1.71. The van der Waals surface area contributed by atoms with Crippen LogP contribution in [-0.4, -0.2) is 120 Å². The van der Waals surface area contributed by atoms with Gasteiger partial charge in [-0.3, -0.25) is 34.8 Å². The zero-order chi connectivity index (χ0) is 44.8. The van der Waals surface area contributed by atoms with Crippen molar-refractivity contribution >= 4 is 76.4 Å². The van der Waals surface area contributed by atoms with Crippen LogP contribution in [-0.2, 0) is 23.9 Å². The minimum atomic E-state index is -0.394. The van der Waals surface area contributed by atoms with Gasteiger partial charge in [0.05, 0.1) is 30.8 Å². The topological polar surface area (TPSA) is 251 Å². The summed E-state index contributed by atoms with van der Waals surface area (Å²) in [7, 11) is 0. The lowest BCUT2D eigenvalue weighted by atomic mass is 10.0. The number of hydrogen-bond donors (Lipinski definition) is 11. The molecular weight excluding hydrogens is 843 g/mol. The Morgan fingerprint density at radius 2 is 1.10 bits per heavy atom. The van der Waals surface area contributed by atoms with Gasteiger partial charge < -0.3 is 52.6 Å². The number of benzene rings is 1. The summed E-state index contributed by atoms with van der Waals surface area (Å²) in [6, 6.07) is 6.03. The van der Waals surface area contributed by atoms with E-state index in [0.29, 0.717) is 96.7 Å². The van der Waals surface area contributed by atoms with E-state index < -0.39 is 5.91 Å². The summed E-state index contributed by atoms with van der Waals surface area (Å²) >= 11 is 3.87. The highest BCUT2D eigenvalue weighted by atomic mass is 32.2. The van der Waals surface area contributed by atoms with Gasteiger partial charge in [-0.1, -0.05) is 31.6 Å². The molecule has 1 aromatic rings. The first kappa shape index (κ1) is 49.3. The maximum absolute atomic E-state index is 13.0. The number of ether oxygens (including phenoxy) is 1. The van der Waals surface area contributed by atoms with Crippen molar-refractivity contribution in [3.05, 3.63) is 23.8 Å². The van der Waals surface area contributed by atoms with E-state index in [2.05, 4.69) is 53.8 Å². The van der Waals surface area contributed by atoms with Gasteiger partial charge in [-0.15, -0.1) is 6.42 Å². The molecule has 4 heterocycles. The number of terminal acetylenes is 1. The number of nitrogens with one attached hydrogen (secondary N) is 11. The van der Waals surface area contributed by atoms with Gasteiger partial charge in [0.25, 0.3) is 5.91 Å². The predicted molar refractivity (Wildman–Crippen MR) is 251 cm³/mol. The molecule has 5 rings (SSSR count). The second-order valence-corrected chi connectivity index (χ2v) is 19.1. The van der Waals surface area contributed by atoms with E-state index in [1.807, 2.05) is 23.5 Å². The highest BCUT2D eigenvalue weighted by Crippen LogP contribution is 2.34. The Morgan fingerprint density at radius 3 is 1.59 bits per heavy atom. The maximum Gasteiger partial charge on any atom is 0.251 e. The third kappa shape index (κ3) is 17.4. The number of amides is 5. The van der Waals surface area contributed by atoms with Crippen molar-refractivity contribution in [2.45, 2.75) is 137 Å². The minimum Gasteiger partial charge on any atom is -0.367 e. The van der Waals surface area contributed by atoms with Gasteiger partial charge in [0.2, 0.25) is 23.6 Å². The number of unbranched alkanes of at least 4 members (excludes halogenated alkanes) is 6. The molecular formula is C44H67N11O6S2. The van der Waals surface area contributed by atoms with Gasteiger partial charge in [-0.2, -0.15) is 23.5 Å². The summed E-state index contributed by atoms with van der Waals surface area (Å²) in [5, 5.41) is 43.8. The Kier molecular flexibility index (Phi) is 21.0. The van der Waals surface area contributed by atoms with Crippen LogP contribution in [0.15, 0.2) is 18.2 Å². The zero-order valence-corrected chi connectivity index (χ0v) is 37.9. The average Bonchev–Trinajstić information content (AvgIpc) is 4.02. The summed E-state index contributed by atoms with van der Waals surface area (Å²) in [4.78, 5) is 63.6. The normalized spacial score (nSPS) is 21.8. The lowest BCUT2D eigenvalue weighted by Gasteiger charge is -2.16. The van der Waals surface area contributed by atoms with Crippen molar-refractivity contribution < 1.29 is 28.7 Å². The zero-order valence-electron chi connectivity index (χ0n) is 36.3. The molecule has 4 saturated heterocycles. The third-order valence-corrected chi connectivity index (χ3v) is 14.5. The molecule has 0 radical (unpaired) electrons. The molecule has 4 aliphatic heterocycles. The molecule has 346 valence electrons. The van der Waals surface area contributed by atoms with E-state index in [1.54, 1.807) is 18.2 Å². The van der Waals surface area contributed by atoms with Crippen LogP contribution in [0.3, 0.4) is 0 Å². The fraction of sp³-hybridized carbons (Fsp3) is 0.659. The highest BCUT2D eigenvalue weighted by Gasteiger charge is 2.42. The number of fused-ring (bicyclic) bond motifs is 2. The Balaban J connectivity index is 0.935. The average molecular weight is 910 g/mol. The Bertz CT molecular complexity index is 1680. The van der Waals surface area contributed by atoms with E-state index >= 15 is 0 Å². The summed E-state index contributed by atoms with van der Waals surface area (Å²) < 4.78 is 5.24. The van der Waals surface area contributed by atoms with Crippen molar-refractivity contribution in [2.75, 3.05) is 55.0 Å². The molecule has 0 aromatic heterocycles. The van der Waals surface area contributed by atoms with E-state index in [4.69, 9.17) is 22.0 Å². The lowest BCUT2D eigenvalue weighted by molar-refractivity contribution is -0.122. The number of anilines is 2. The molecule has 0 spiro atoms. The van der Waals surface area contributed by atoms with E-state index in [-0.39, 0.29) is 61.8 Å². The molecule has 1 aromatic carbocycles. The van der Waals surface area contributed by atoms with Crippen molar-refractivity contribution in [3.63, 3.8) is 0 Å². The fourth-order valence-corrected chi connectivity index (χ4v) is 11.3. The second-order valence-electron chi connectivity index (χ2n) is 16.6. The molecule has 6 atom stereocenters. The SMILES string of the molecule is C#CCOCCNC(=O)c1cc(NC(=O)CCCCCNC(=O)CCCCC2SCC3NC(=N)NC32)cc(NC(=O)CCCCCNC(=O)CCCCC2SCC3NC(=N)NC32)c1.